The number of hydrogen-bond donors (Lipinski definition) is 1. The van der Waals surface area contributed by atoms with E-state index >= 15 is 0 Å². The van der Waals surface area contributed by atoms with Crippen LogP contribution in [0.5, 0.6) is 0 Å². The van der Waals surface area contributed by atoms with E-state index in [0.717, 1.165) is 35.6 Å². The molecule has 0 aromatic carbocycles. The van der Waals surface area contributed by atoms with Gasteiger partial charge in [-0.1, -0.05) is 0 Å². The summed E-state index contributed by atoms with van der Waals surface area (Å²) in [5.74, 6) is 0.609. The minimum atomic E-state index is 0.609. The van der Waals surface area contributed by atoms with E-state index in [1.54, 1.807) is 12.4 Å². The second kappa shape index (κ2) is 5.13. The van der Waals surface area contributed by atoms with Crippen molar-refractivity contribution in [1.29, 1.82) is 0 Å². The fourth-order valence-electron chi connectivity index (χ4n) is 2.72. The maximum atomic E-state index is 6.11. The first-order chi connectivity index (χ1) is 10.3. The van der Waals surface area contributed by atoms with Crippen LogP contribution in [0.1, 0.15) is 10.4 Å². The molecule has 0 unspecified atom stereocenters. The topological polar surface area (TPSA) is 55.0 Å². The molecule has 3 aromatic heterocycles. The first kappa shape index (κ1) is 12.8. The number of nitrogens with zero attached hydrogens (tertiary/aromatic N) is 3. The maximum absolute atomic E-state index is 6.11. The Bertz CT molecular complexity index is 763. The largest absolute Gasteiger partial charge is 0.382 e. The third-order valence-corrected chi connectivity index (χ3v) is 5.71. The number of nitrogen functional groups attached to an aromatic ring is 1. The molecule has 6 heteroatoms. The lowest BCUT2D eigenvalue weighted by atomic mass is 10.1. The van der Waals surface area contributed by atoms with Gasteiger partial charge in [0.1, 0.15) is 10.8 Å². The second-order valence-electron chi connectivity index (χ2n) is 5.02. The minimum absolute atomic E-state index is 0.609. The van der Waals surface area contributed by atoms with Gasteiger partial charge in [-0.05, 0) is 52.7 Å². The van der Waals surface area contributed by atoms with Crippen LogP contribution in [0, 0.1) is 0 Å². The third-order valence-electron chi connectivity index (χ3n) is 3.76. The predicted molar refractivity (Wildman–Crippen MR) is 88.8 cm³/mol. The van der Waals surface area contributed by atoms with Crippen LogP contribution < -0.4 is 10.6 Å². The highest BCUT2D eigenvalue weighted by Gasteiger charge is 2.23. The van der Waals surface area contributed by atoms with E-state index in [-0.39, 0.29) is 0 Å². The van der Waals surface area contributed by atoms with Crippen LogP contribution in [0.4, 0.5) is 10.8 Å². The molecule has 0 atom stereocenters. The molecule has 2 N–H and O–H groups in total. The number of pyridine rings is 1. The highest BCUT2D eigenvalue weighted by Crippen LogP contribution is 2.41. The Morgan fingerprint density at radius 3 is 2.90 bits per heavy atom. The lowest BCUT2D eigenvalue weighted by molar-refractivity contribution is 0.751. The summed E-state index contributed by atoms with van der Waals surface area (Å²) in [6, 6.07) is 6.20. The van der Waals surface area contributed by atoms with Crippen molar-refractivity contribution in [3.8, 4) is 11.1 Å². The van der Waals surface area contributed by atoms with Gasteiger partial charge in [-0.2, -0.15) is 4.37 Å². The van der Waals surface area contributed by atoms with Crippen LogP contribution in [-0.4, -0.2) is 15.9 Å². The molecule has 0 saturated heterocycles. The molecule has 106 valence electrons. The Labute approximate surface area is 131 Å². The number of hydrogen-bond acceptors (Lipinski definition) is 6. The number of anilines is 2. The highest BCUT2D eigenvalue weighted by molar-refractivity contribution is 7.11. The quantitative estimate of drug-likeness (QED) is 0.787. The summed E-state index contributed by atoms with van der Waals surface area (Å²) in [5.41, 5.74) is 9.67. The van der Waals surface area contributed by atoms with Gasteiger partial charge in [0.05, 0.1) is 5.56 Å². The van der Waals surface area contributed by atoms with Gasteiger partial charge in [0.2, 0.25) is 0 Å². The molecule has 4 rings (SSSR count). The zero-order chi connectivity index (χ0) is 14.2. The summed E-state index contributed by atoms with van der Waals surface area (Å²) in [6.45, 7) is 1.96. The lowest BCUT2D eigenvalue weighted by Crippen LogP contribution is -2.29. The molecule has 0 spiro atoms. The van der Waals surface area contributed by atoms with Crippen molar-refractivity contribution in [2.45, 2.75) is 13.0 Å². The zero-order valence-corrected chi connectivity index (χ0v) is 13.0. The van der Waals surface area contributed by atoms with E-state index < -0.39 is 0 Å². The molecule has 0 aliphatic carbocycles. The van der Waals surface area contributed by atoms with E-state index in [9.17, 15) is 0 Å². The molecular weight excluding hydrogens is 300 g/mol. The molecule has 1 aliphatic heterocycles. The highest BCUT2D eigenvalue weighted by atomic mass is 32.1. The van der Waals surface area contributed by atoms with Gasteiger partial charge in [-0.25, -0.2) is 0 Å². The molecule has 0 bridgehead atoms. The van der Waals surface area contributed by atoms with Crippen molar-refractivity contribution < 1.29 is 0 Å². The molecule has 0 amide bonds. The molecule has 1 aliphatic rings. The Morgan fingerprint density at radius 1 is 1.19 bits per heavy atom. The summed E-state index contributed by atoms with van der Waals surface area (Å²) >= 11 is 3.35. The fourth-order valence-corrected chi connectivity index (χ4v) is 4.47. The number of rotatable bonds is 2. The summed E-state index contributed by atoms with van der Waals surface area (Å²) < 4.78 is 4.37. The van der Waals surface area contributed by atoms with E-state index in [4.69, 9.17) is 5.73 Å². The first-order valence-corrected chi connectivity index (χ1v) is 8.44. The van der Waals surface area contributed by atoms with Crippen LogP contribution in [0.25, 0.3) is 11.1 Å². The van der Waals surface area contributed by atoms with E-state index in [0.29, 0.717) is 5.82 Å². The average Bonchev–Trinajstić information content (AvgIpc) is 3.13. The molecule has 3 aromatic rings. The average molecular weight is 314 g/mol. The number of fused-ring (bicyclic) bond motifs is 1. The standard InChI is InChI=1S/C15H14N4S2/c16-14-13(10-1-5-17-6-2-10)15(21-18-14)19-7-3-12-11(9-19)4-8-20-12/h1-2,4-6,8H,3,7,9H2,(H2,16,18). The van der Waals surface area contributed by atoms with Gasteiger partial charge in [0.25, 0.3) is 0 Å². The smallest absolute Gasteiger partial charge is 0.147 e. The first-order valence-electron chi connectivity index (χ1n) is 6.78. The van der Waals surface area contributed by atoms with Crippen molar-refractivity contribution in [2.24, 2.45) is 0 Å². The Balaban J connectivity index is 1.74. The van der Waals surface area contributed by atoms with E-state index in [1.165, 1.54) is 22.0 Å². The van der Waals surface area contributed by atoms with E-state index in [1.807, 2.05) is 23.5 Å². The van der Waals surface area contributed by atoms with Gasteiger partial charge in [0.15, 0.2) is 0 Å². The summed E-state index contributed by atoms with van der Waals surface area (Å²) in [4.78, 5) is 7.98. The van der Waals surface area contributed by atoms with Gasteiger partial charge < -0.3 is 10.6 Å². The Kier molecular flexibility index (Phi) is 3.12. The summed E-state index contributed by atoms with van der Waals surface area (Å²) in [7, 11) is 0. The number of aromatic nitrogens is 2. The normalized spacial score (nSPS) is 14.2. The SMILES string of the molecule is Nc1nsc(N2CCc3sccc3C2)c1-c1ccncc1. The van der Waals surface area contributed by atoms with Gasteiger partial charge in [-0.15, -0.1) is 11.3 Å². The Hall–Kier alpha value is -1.92. The zero-order valence-electron chi connectivity index (χ0n) is 11.3. The number of nitrogens with two attached hydrogens (primary N) is 1. The van der Waals surface area contributed by atoms with Crippen LogP contribution in [0.15, 0.2) is 36.0 Å². The molecule has 21 heavy (non-hydrogen) atoms. The molecule has 0 fully saturated rings. The molecule has 4 nitrogen and oxygen atoms in total. The van der Waals surface area contributed by atoms with Gasteiger partial charge in [0, 0.05) is 30.4 Å². The lowest BCUT2D eigenvalue weighted by Gasteiger charge is -2.28. The maximum Gasteiger partial charge on any atom is 0.147 e. The second-order valence-corrected chi connectivity index (χ2v) is 6.78. The van der Waals surface area contributed by atoms with Crippen molar-refractivity contribution in [2.75, 3.05) is 17.2 Å². The summed E-state index contributed by atoms with van der Waals surface area (Å²) in [6.07, 6.45) is 4.69. The number of thiophene rings is 1. The van der Waals surface area contributed by atoms with Crippen molar-refractivity contribution >= 4 is 33.7 Å². The molecule has 4 heterocycles. The van der Waals surface area contributed by atoms with Crippen molar-refractivity contribution in [3.05, 3.63) is 46.4 Å². The fraction of sp³-hybridized carbons (Fsp3) is 0.200. The summed E-state index contributed by atoms with van der Waals surface area (Å²) in [5, 5.41) is 3.34. The van der Waals surface area contributed by atoms with Crippen LogP contribution >= 0.6 is 22.9 Å². The van der Waals surface area contributed by atoms with Crippen LogP contribution in [-0.2, 0) is 13.0 Å². The van der Waals surface area contributed by atoms with Gasteiger partial charge >= 0.3 is 0 Å². The van der Waals surface area contributed by atoms with Crippen molar-refractivity contribution in [1.82, 2.24) is 9.36 Å². The molecular formula is C15H14N4S2. The predicted octanol–water partition coefficient (Wildman–Crippen LogP) is 3.41. The van der Waals surface area contributed by atoms with Crippen LogP contribution in [0.2, 0.25) is 0 Å². The molecule has 0 saturated carbocycles. The van der Waals surface area contributed by atoms with E-state index in [2.05, 4.69) is 25.7 Å². The minimum Gasteiger partial charge on any atom is -0.382 e. The van der Waals surface area contributed by atoms with Crippen molar-refractivity contribution in [3.63, 3.8) is 0 Å². The van der Waals surface area contributed by atoms with Gasteiger partial charge in [-0.3, -0.25) is 4.98 Å². The monoisotopic (exact) mass is 314 g/mol. The van der Waals surface area contributed by atoms with Crippen LogP contribution in [0.3, 0.4) is 0 Å². The molecule has 0 radical (unpaired) electrons. The third kappa shape index (κ3) is 2.20. The Morgan fingerprint density at radius 2 is 2.05 bits per heavy atom.